The van der Waals surface area contributed by atoms with Crippen LogP contribution in [0, 0.1) is 5.92 Å². The van der Waals surface area contributed by atoms with Crippen LogP contribution in [0.3, 0.4) is 0 Å². The highest BCUT2D eigenvalue weighted by Gasteiger charge is 2.64. The second kappa shape index (κ2) is 15.2. The fraction of sp³-hybridized carbons (Fsp3) is 0.611. The van der Waals surface area contributed by atoms with E-state index in [0.717, 1.165) is 11.8 Å². The van der Waals surface area contributed by atoms with Crippen molar-refractivity contribution in [2.45, 2.75) is 107 Å². The average molecular weight is 766 g/mol. The van der Waals surface area contributed by atoms with E-state index in [-0.39, 0.29) is 22.9 Å². The molecular weight excluding hydrogens is 718 g/mol. The molecule has 3 fully saturated rings. The van der Waals surface area contributed by atoms with Gasteiger partial charge in [0, 0.05) is 26.6 Å². The molecule has 3 amide bonds. The second-order valence-corrected chi connectivity index (χ2v) is 14.8. The van der Waals surface area contributed by atoms with E-state index in [0.29, 0.717) is 11.1 Å². The van der Waals surface area contributed by atoms with E-state index in [9.17, 15) is 34.5 Å². The third-order valence-corrected chi connectivity index (χ3v) is 11.0. The number of rotatable bonds is 3. The lowest BCUT2D eigenvalue weighted by Gasteiger charge is -2.42. The summed E-state index contributed by atoms with van der Waals surface area (Å²) in [4.78, 5) is 55.3. The minimum Gasteiger partial charge on any atom is -0.495 e. The van der Waals surface area contributed by atoms with E-state index in [4.69, 9.17) is 40.0 Å². The van der Waals surface area contributed by atoms with Crippen LogP contribution >= 0.6 is 11.6 Å². The van der Waals surface area contributed by atoms with Gasteiger partial charge < -0.3 is 54.0 Å². The smallest absolute Gasteiger partial charge is 0.409 e. The molecule has 4 heterocycles. The fourth-order valence-electron chi connectivity index (χ4n) is 7.17. The molecule has 4 aliphatic heterocycles. The van der Waals surface area contributed by atoms with Crippen LogP contribution in [0.25, 0.3) is 0 Å². The lowest BCUT2D eigenvalue weighted by Crippen LogP contribution is -2.63. The Morgan fingerprint density at radius 3 is 2.38 bits per heavy atom. The van der Waals surface area contributed by atoms with Gasteiger partial charge in [-0.05, 0) is 51.0 Å². The maximum atomic E-state index is 14.6. The van der Waals surface area contributed by atoms with Crippen molar-refractivity contribution in [3.05, 3.63) is 46.5 Å². The summed E-state index contributed by atoms with van der Waals surface area (Å²) in [5, 5.41) is 39.2. The number of allylic oxidation sites excluding steroid dienone is 2. The van der Waals surface area contributed by atoms with Crippen molar-refractivity contribution >= 4 is 41.2 Å². The highest BCUT2D eigenvalue weighted by Crippen LogP contribution is 2.49. The topological polar surface area (TPSA) is 215 Å². The van der Waals surface area contributed by atoms with Crippen molar-refractivity contribution in [3.8, 4) is 5.75 Å². The third-order valence-electron chi connectivity index (χ3n) is 10.6. The molecule has 4 aliphatic rings. The molecule has 0 aromatic heterocycles. The van der Waals surface area contributed by atoms with Crippen LogP contribution in [-0.4, -0.2) is 121 Å². The first-order chi connectivity index (χ1) is 24.8. The molecule has 1 aromatic carbocycles. The molecule has 5 rings (SSSR count). The standard InChI is InChI=1S/C36H48ClN3O13/c1-17-10-9-11-25(49-7)36(47)15-23(51-33(45)39-36)18(2)30-35(5,53-30)26-14-27(42)40(21-12-20(29(17)50-8)13-22(48-6)28(21)37)16-24(41)34(4,46)32(44)38-19(3)31(43)52-26/h9-13,18-19,23-26,29-30,41,46-47H,14-16H2,1-8H3,(H,38,44)(H,39,45)/b11-9+,17-10+/t18-,19+,23+,24?,25-,26+,29?,30?,34?,35+,36+/m1/s1. The van der Waals surface area contributed by atoms with Crippen LogP contribution in [0.1, 0.15) is 59.1 Å². The normalized spacial score (nSPS) is 39.8. The number of hydrogen-bond acceptors (Lipinski definition) is 13. The van der Waals surface area contributed by atoms with Crippen LogP contribution in [0.4, 0.5) is 10.5 Å². The summed E-state index contributed by atoms with van der Waals surface area (Å²) in [5.41, 5.74) is -4.56. The SMILES string of the molecule is COc1cc2cc(c1Cl)N1CC(O)C(C)(O)C(=O)N[C@@H](C)C(=O)O[C@@H](CC1=O)[C@]1(C)OC1[C@H](C)[C@@H]1C[C@@](O)(NC(=O)O1)[C@H](OC)/C=C/C=C(\C)C2OC. The quantitative estimate of drug-likeness (QED) is 0.220. The van der Waals surface area contributed by atoms with E-state index in [2.05, 4.69) is 10.6 Å². The van der Waals surface area contributed by atoms with Crippen LogP contribution < -0.4 is 20.3 Å². The predicted molar refractivity (Wildman–Crippen MR) is 188 cm³/mol. The number of alkyl carbamates (subject to hydrolysis) is 1. The Morgan fingerprint density at radius 2 is 1.74 bits per heavy atom. The Morgan fingerprint density at radius 1 is 1.04 bits per heavy atom. The Kier molecular flexibility index (Phi) is 11.6. The summed E-state index contributed by atoms with van der Waals surface area (Å²) in [6.45, 7) is 6.91. The van der Waals surface area contributed by atoms with Gasteiger partial charge >= 0.3 is 12.1 Å². The number of aliphatic hydroxyl groups is 3. The Labute approximate surface area is 312 Å². The zero-order chi connectivity index (χ0) is 39.2. The number of nitrogens with zero attached hydrogens (tertiary/aromatic N) is 1. The van der Waals surface area contributed by atoms with Crippen LogP contribution in [0.5, 0.6) is 5.75 Å². The third kappa shape index (κ3) is 7.76. The van der Waals surface area contributed by atoms with Gasteiger partial charge in [0.25, 0.3) is 5.91 Å². The number of nitrogens with one attached hydrogen (secondary N) is 2. The highest BCUT2D eigenvalue weighted by molar-refractivity contribution is 6.35. The molecule has 4 unspecified atom stereocenters. The lowest BCUT2D eigenvalue weighted by molar-refractivity contribution is -0.162. The molecule has 16 nitrogen and oxygen atoms in total. The van der Waals surface area contributed by atoms with Crippen molar-refractivity contribution in [1.82, 2.24) is 10.6 Å². The van der Waals surface area contributed by atoms with E-state index in [1.54, 1.807) is 51.1 Å². The van der Waals surface area contributed by atoms with Gasteiger partial charge in [0.2, 0.25) is 5.91 Å². The highest BCUT2D eigenvalue weighted by atomic mass is 35.5. The minimum atomic E-state index is -2.48. The second-order valence-electron chi connectivity index (χ2n) is 14.4. The first-order valence-electron chi connectivity index (χ1n) is 17.2. The van der Waals surface area contributed by atoms with E-state index in [1.165, 1.54) is 28.3 Å². The molecule has 0 radical (unpaired) electrons. The summed E-state index contributed by atoms with van der Waals surface area (Å²) in [6, 6.07) is 1.86. The number of epoxide rings is 1. The molecule has 0 spiro atoms. The van der Waals surface area contributed by atoms with Gasteiger partial charge in [0.05, 0.1) is 31.9 Å². The number of fused-ring (bicyclic) bond motifs is 10. The number of benzene rings is 1. The molecule has 53 heavy (non-hydrogen) atoms. The number of anilines is 1. The van der Waals surface area contributed by atoms with Crippen molar-refractivity contribution in [2.75, 3.05) is 32.8 Å². The van der Waals surface area contributed by atoms with Gasteiger partial charge in [-0.1, -0.05) is 36.8 Å². The number of hydrogen-bond donors (Lipinski definition) is 5. The largest absolute Gasteiger partial charge is 0.495 e. The summed E-state index contributed by atoms with van der Waals surface area (Å²) < 4.78 is 34.8. The molecular formula is C36H48ClN3O13. The van der Waals surface area contributed by atoms with Gasteiger partial charge in [-0.3, -0.25) is 14.9 Å². The lowest BCUT2D eigenvalue weighted by atomic mass is 9.83. The number of ether oxygens (including phenoxy) is 6. The number of carbonyl (C=O) groups excluding carboxylic acids is 4. The van der Waals surface area contributed by atoms with E-state index >= 15 is 0 Å². The van der Waals surface area contributed by atoms with Gasteiger partial charge in [0.15, 0.2) is 11.3 Å². The van der Waals surface area contributed by atoms with Gasteiger partial charge in [-0.15, -0.1) is 0 Å². The zero-order valence-corrected chi connectivity index (χ0v) is 31.6. The zero-order valence-electron chi connectivity index (χ0n) is 30.9. The molecule has 6 bridgehead atoms. The fourth-order valence-corrected chi connectivity index (χ4v) is 7.46. The number of halogens is 1. The van der Waals surface area contributed by atoms with Crippen molar-refractivity contribution in [1.29, 1.82) is 0 Å². The first-order valence-corrected chi connectivity index (χ1v) is 17.6. The number of esters is 1. The molecule has 0 saturated carbocycles. The number of aliphatic hydroxyl groups excluding tert-OH is 1. The molecule has 3 saturated heterocycles. The number of amides is 3. The molecule has 17 heteroatoms. The van der Waals surface area contributed by atoms with E-state index in [1.807, 2.05) is 0 Å². The van der Waals surface area contributed by atoms with Crippen molar-refractivity contribution in [2.24, 2.45) is 5.92 Å². The maximum Gasteiger partial charge on any atom is 0.409 e. The number of carbonyl (C=O) groups is 4. The van der Waals surface area contributed by atoms with Crippen molar-refractivity contribution < 1.29 is 62.9 Å². The minimum absolute atomic E-state index is 0.0319. The molecule has 1 aromatic rings. The summed E-state index contributed by atoms with van der Waals surface area (Å²) >= 11 is 6.86. The molecule has 0 aliphatic carbocycles. The molecule has 5 N–H and O–H groups in total. The van der Waals surface area contributed by atoms with Gasteiger partial charge in [-0.2, -0.15) is 0 Å². The summed E-state index contributed by atoms with van der Waals surface area (Å²) in [5.74, 6) is -3.23. The molecule has 11 atom stereocenters. The van der Waals surface area contributed by atoms with Crippen LogP contribution in [0.15, 0.2) is 35.9 Å². The Balaban J connectivity index is 1.72. The number of methoxy groups -OCH3 is 3. The predicted octanol–water partition coefficient (Wildman–Crippen LogP) is 1.81. The monoisotopic (exact) mass is 765 g/mol. The van der Waals surface area contributed by atoms with Crippen LogP contribution in [0.2, 0.25) is 5.02 Å². The summed E-state index contributed by atoms with van der Waals surface area (Å²) in [6.07, 6.45) is -3.24. The molecule has 292 valence electrons. The maximum absolute atomic E-state index is 14.6. The first kappa shape index (κ1) is 40.4. The summed E-state index contributed by atoms with van der Waals surface area (Å²) in [7, 11) is 4.23. The Bertz CT molecular complexity index is 1690. The van der Waals surface area contributed by atoms with E-state index < -0.39 is 102 Å². The van der Waals surface area contributed by atoms with Crippen LogP contribution in [-0.2, 0) is 38.1 Å². The van der Waals surface area contributed by atoms with Gasteiger partial charge in [0.1, 0.15) is 52.9 Å². The van der Waals surface area contributed by atoms with Crippen molar-refractivity contribution in [3.63, 3.8) is 0 Å². The van der Waals surface area contributed by atoms with Gasteiger partial charge in [-0.25, -0.2) is 9.59 Å². The average Bonchev–Trinajstić information content (AvgIpc) is 3.79. The Hall–Kier alpha value is -3.77.